The van der Waals surface area contributed by atoms with Crippen molar-refractivity contribution in [2.75, 3.05) is 4.90 Å². The summed E-state index contributed by atoms with van der Waals surface area (Å²) < 4.78 is 6.29. The van der Waals surface area contributed by atoms with Crippen LogP contribution in [0, 0.1) is 0 Å². The zero-order chi connectivity index (χ0) is 30.1. The normalized spacial score (nSPS) is 13.3. The first-order valence-electron chi connectivity index (χ1n) is 15.6. The maximum Gasteiger partial charge on any atom is 0.136 e. The van der Waals surface area contributed by atoms with Gasteiger partial charge >= 0.3 is 0 Å². The average Bonchev–Trinajstić information content (AvgIpc) is 3.56. The van der Waals surface area contributed by atoms with Gasteiger partial charge in [-0.05, 0) is 87.1 Å². The van der Waals surface area contributed by atoms with Gasteiger partial charge in [-0.3, -0.25) is 0 Å². The molecule has 2 nitrogen and oxygen atoms in total. The van der Waals surface area contributed by atoms with Crippen LogP contribution in [0.25, 0.3) is 55.0 Å². The van der Waals surface area contributed by atoms with Gasteiger partial charge in [0.25, 0.3) is 0 Å². The molecule has 0 saturated heterocycles. The van der Waals surface area contributed by atoms with Crippen molar-refractivity contribution >= 4 is 49.8 Å². The molecule has 0 bridgehead atoms. The van der Waals surface area contributed by atoms with Crippen molar-refractivity contribution in [2.45, 2.75) is 19.3 Å². The quantitative estimate of drug-likeness (QED) is 0.207. The predicted molar refractivity (Wildman–Crippen MR) is 189 cm³/mol. The summed E-state index contributed by atoms with van der Waals surface area (Å²) in [7, 11) is 0. The first-order valence-corrected chi connectivity index (χ1v) is 15.6. The highest BCUT2D eigenvalue weighted by atomic mass is 16.3. The van der Waals surface area contributed by atoms with Gasteiger partial charge in [0.2, 0.25) is 0 Å². The van der Waals surface area contributed by atoms with Crippen molar-refractivity contribution in [3.8, 4) is 22.3 Å². The molecular formula is C43H31NO. The zero-order valence-corrected chi connectivity index (χ0v) is 25.3. The number of nitrogens with zero attached hydrogens (tertiary/aromatic N) is 1. The smallest absolute Gasteiger partial charge is 0.136 e. The summed E-state index contributed by atoms with van der Waals surface area (Å²) in [6, 6.07) is 54.8. The van der Waals surface area contributed by atoms with E-state index in [-0.39, 0.29) is 5.41 Å². The van der Waals surface area contributed by atoms with Gasteiger partial charge in [-0.25, -0.2) is 0 Å². The summed E-state index contributed by atoms with van der Waals surface area (Å²) in [5.74, 6) is 0. The molecule has 2 heteroatoms. The topological polar surface area (TPSA) is 16.4 Å². The third kappa shape index (κ3) is 3.96. The zero-order valence-electron chi connectivity index (χ0n) is 25.3. The highest BCUT2D eigenvalue weighted by molar-refractivity contribution is 6.10. The Hall–Kier alpha value is -5.60. The molecule has 0 amide bonds. The largest absolute Gasteiger partial charge is 0.456 e. The van der Waals surface area contributed by atoms with E-state index in [1.807, 2.05) is 12.1 Å². The number of rotatable bonds is 4. The van der Waals surface area contributed by atoms with Crippen molar-refractivity contribution < 1.29 is 4.42 Å². The first kappa shape index (κ1) is 25.9. The minimum absolute atomic E-state index is 0.0823. The molecule has 7 aromatic carbocycles. The van der Waals surface area contributed by atoms with Gasteiger partial charge in [-0.15, -0.1) is 0 Å². The lowest BCUT2D eigenvalue weighted by Crippen LogP contribution is -2.16. The average molecular weight is 578 g/mol. The molecule has 0 N–H and O–H groups in total. The maximum atomic E-state index is 6.29. The second-order valence-corrected chi connectivity index (χ2v) is 12.6. The van der Waals surface area contributed by atoms with Crippen molar-refractivity contribution in [1.82, 2.24) is 0 Å². The summed E-state index contributed by atoms with van der Waals surface area (Å²) in [5, 5.41) is 4.65. The number of furan rings is 1. The van der Waals surface area contributed by atoms with Crippen LogP contribution in [-0.2, 0) is 5.41 Å². The first-order chi connectivity index (χ1) is 22.1. The van der Waals surface area contributed by atoms with E-state index in [9.17, 15) is 0 Å². The fraction of sp³-hybridized carbons (Fsp3) is 0.0698. The van der Waals surface area contributed by atoms with Crippen LogP contribution >= 0.6 is 0 Å². The lowest BCUT2D eigenvalue weighted by atomic mass is 9.82. The van der Waals surface area contributed by atoms with Crippen molar-refractivity contribution in [3.63, 3.8) is 0 Å². The van der Waals surface area contributed by atoms with Gasteiger partial charge in [0, 0.05) is 33.1 Å². The lowest BCUT2D eigenvalue weighted by molar-refractivity contribution is 0.660. The standard InChI is InChI=1S/C43H31NO/c1-43(2)37-15-8-6-14-35(37)42-38(43)16-10-17-39(42)44(32-22-19-29(20-23-32)28-11-4-3-5-12-28)33-24-21-30-26-36-34-13-7-9-18-40(34)45-41(36)27-31(30)25-33/h3-27H,1-2H3. The molecule has 9 rings (SSSR count). The molecule has 1 aliphatic rings. The highest BCUT2D eigenvalue weighted by Gasteiger charge is 2.37. The highest BCUT2D eigenvalue weighted by Crippen LogP contribution is 2.54. The number of para-hydroxylation sites is 1. The van der Waals surface area contributed by atoms with Crippen LogP contribution in [-0.4, -0.2) is 0 Å². The molecule has 8 aromatic rings. The molecule has 214 valence electrons. The second kappa shape index (κ2) is 9.70. The molecule has 1 aliphatic carbocycles. The van der Waals surface area contributed by atoms with E-state index >= 15 is 0 Å². The van der Waals surface area contributed by atoms with Crippen LogP contribution in [0.3, 0.4) is 0 Å². The Kier molecular flexibility index (Phi) is 5.58. The van der Waals surface area contributed by atoms with E-state index in [1.165, 1.54) is 44.5 Å². The minimum atomic E-state index is -0.0823. The van der Waals surface area contributed by atoms with Crippen LogP contribution in [0.15, 0.2) is 156 Å². The Bertz CT molecular complexity index is 2400. The molecule has 0 aliphatic heterocycles. The molecular weight excluding hydrogens is 546 g/mol. The number of fused-ring (bicyclic) bond motifs is 7. The minimum Gasteiger partial charge on any atom is -0.456 e. The molecule has 0 fully saturated rings. The third-order valence-electron chi connectivity index (χ3n) is 9.64. The van der Waals surface area contributed by atoms with Crippen LogP contribution < -0.4 is 4.90 Å². The Morgan fingerprint density at radius 1 is 0.489 bits per heavy atom. The Morgan fingerprint density at radius 2 is 1.20 bits per heavy atom. The van der Waals surface area contributed by atoms with E-state index in [4.69, 9.17) is 4.42 Å². The van der Waals surface area contributed by atoms with E-state index in [1.54, 1.807) is 0 Å². The summed E-state index contributed by atoms with van der Waals surface area (Å²) >= 11 is 0. The number of anilines is 3. The third-order valence-corrected chi connectivity index (χ3v) is 9.64. The van der Waals surface area contributed by atoms with E-state index in [2.05, 4.69) is 158 Å². The van der Waals surface area contributed by atoms with Gasteiger partial charge in [0.15, 0.2) is 0 Å². The van der Waals surface area contributed by atoms with Crippen molar-refractivity contribution in [3.05, 3.63) is 163 Å². The maximum absolute atomic E-state index is 6.29. The van der Waals surface area contributed by atoms with Crippen LogP contribution in [0.1, 0.15) is 25.0 Å². The van der Waals surface area contributed by atoms with Gasteiger partial charge in [-0.2, -0.15) is 0 Å². The van der Waals surface area contributed by atoms with Gasteiger partial charge in [-0.1, -0.05) is 117 Å². The molecule has 45 heavy (non-hydrogen) atoms. The fourth-order valence-electron chi connectivity index (χ4n) is 7.38. The molecule has 0 radical (unpaired) electrons. The van der Waals surface area contributed by atoms with E-state index in [0.717, 1.165) is 38.7 Å². The summed E-state index contributed by atoms with van der Waals surface area (Å²) in [6.07, 6.45) is 0. The van der Waals surface area contributed by atoms with Gasteiger partial charge < -0.3 is 9.32 Å². The number of benzene rings is 7. The molecule has 0 atom stereocenters. The molecule has 0 unspecified atom stereocenters. The van der Waals surface area contributed by atoms with E-state index < -0.39 is 0 Å². The summed E-state index contributed by atoms with van der Waals surface area (Å²) in [4.78, 5) is 2.42. The van der Waals surface area contributed by atoms with Crippen molar-refractivity contribution in [2.24, 2.45) is 0 Å². The fourth-order valence-corrected chi connectivity index (χ4v) is 7.38. The SMILES string of the molecule is CC1(C)c2ccccc2-c2c(N(c3ccc(-c4ccccc4)cc3)c3ccc4cc5c(cc4c3)oc3ccccc35)cccc21. The summed E-state index contributed by atoms with van der Waals surface area (Å²) in [5.41, 5.74) is 12.9. The number of hydrogen-bond donors (Lipinski definition) is 0. The van der Waals surface area contributed by atoms with E-state index in [0.29, 0.717) is 0 Å². The number of hydrogen-bond acceptors (Lipinski definition) is 2. The second-order valence-electron chi connectivity index (χ2n) is 12.6. The predicted octanol–water partition coefficient (Wildman–Crippen LogP) is 12.2. The van der Waals surface area contributed by atoms with Crippen LogP contribution in [0.4, 0.5) is 17.1 Å². The monoisotopic (exact) mass is 577 g/mol. The lowest BCUT2D eigenvalue weighted by Gasteiger charge is -2.29. The Balaban J connectivity index is 1.27. The summed E-state index contributed by atoms with van der Waals surface area (Å²) in [6.45, 7) is 4.68. The van der Waals surface area contributed by atoms with Crippen LogP contribution in [0.5, 0.6) is 0 Å². The van der Waals surface area contributed by atoms with Gasteiger partial charge in [0.1, 0.15) is 11.2 Å². The van der Waals surface area contributed by atoms with Gasteiger partial charge in [0.05, 0.1) is 5.69 Å². The van der Waals surface area contributed by atoms with Crippen LogP contribution in [0.2, 0.25) is 0 Å². The molecule has 1 aromatic heterocycles. The molecule has 0 saturated carbocycles. The van der Waals surface area contributed by atoms with Crippen molar-refractivity contribution in [1.29, 1.82) is 0 Å². The Labute approximate surface area is 262 Å². The molecule has 0 spiro atoms. The molecule has 1 heterocycles. The Morgan fingerprint density at radius 3 is 2.07 bits per heavy atom.